The van der Waals surface area contributed by atoms with E-state index in [2.05, 4.69) is 17.6 Å². The minimum atomic E-state index is 0.148. The summed E-state index contributed by atoms with van der Waals surface area (Å²) in [6, 6.07) is 0.423. The van der Waals surface area contributed by atoms with E-state index in [0.717, 1.165) is 25.8 Å². The molecule has 0 aliphatic carbocycles. The van der Waals surface area contributed by atoms with Gasteiger partial charge in [-0.25, -0.2) is 0 Å². The second kappa shape index (κ2) is 7.12. The van der Waals surface area contributed by atoms with Gasteiger partial charge in [0.2, 0.25) is 5.91 Å². The summed E-state index contributed by atoms with van der Waals surface area (Å²) in [5, 5.41) is 6.17. The first-order valence-electron chi connectivity index (χ1n) is 5.40. The van der Waals surface area contributed by atoms with E-state index in [1.807, 2.05) is 11.8 Å². The van der Waals surface area contributed by atoms with E-state index in [-0.39, 0.29) is 5.91 Å². The van der Waals surface area contributed by atoms with Crippen molar-refractivity contribution in [3.05, 3.63) is 0 Å². The van der Waals surface area contributed by atoms with Crippen LogP contribution in [0.2, 0.25) is 0 Å². The van der Waals surface area contributed by atoms with Gasteiger partial charge in [0.1, 0.15) is 0 Å². The van der Waals surface area contributed by atoms with Crippen LogP contribution in [0.25, 0.3) is 0 Å². The molecule has 82 valence electrons. The van der Waals surface area contributed by atoms with Gasteiger partial charge in [-0.3, -0.25) is 4.79 Å². The van der Waals surface area contributed by atoms with Crippen molar-refractivity contribution in [2.24, 2.45) is 0 Å². The van der Waals surface area contributed by atoms with Gasteiger partial charge < -0.3 is 10.6 Å². The van der Waals surface area contributed by atoms with E-state index >= 15 is 0 Å². The van der Waals surface area contributed by atoms with E-state index in [0.29, 0.717) is 12.6 Å². The van der Waals surface area contributed by atoms with Crippen molar-refractivity contribution in [3.63, 3.8) is 0 Å². The number of nitrogens with one attached hydrogen (secondary N) is 2. The van der Waals surface area contributed by atoms with E-state index in [1.165, 1.54) is 11.5 Å². The Morgan fingerprint density at radius 3 is 2.79 bits per heavy atom. The van der Waals surface area contributed by atoms with E-state index in [1.54, 1.807) is 0 Å². The van der Waals surface area contributed by atoms with Crippen LogP contribution in [0.15, 0.2) is 0 Å². The van der Waals surface area contributed by atoms with Crippen molar-refractivity contribution in [1.82, 2.24) is 10.6 Å². The molecule has 2 N–H and O–H groups in total. The normalized spacial score (nSPS) is 18.1. The van der Waals surface area contributed by atoms with Gasteiger partial charge in [0.15, 0.2) is 0 Å². The molecule has 0 aromatic rings. The Bertz CT molecular complexity index is 170. The lowest BCUT2D eigenvalue weighted by atomic mass is 10.1. The Balaban J connectivity index is 2.06. The zero-order chi connectivity index (χ0) is 10.2. The summed E-state index contributed by atoms with van der Waals surface area (Å²) in [4.78, 5) is 11.4. The predicted molar refractivity (Wildman–Crippen MR) is 61.7 cm³/mol. The van der Waals surface area contributed by atoms with Crippen molar-refractivity contribution in [2.45, 2.75) is 32.2 Å². The number of carbonyl (C=O) groups is 1. The van der Waals surface area contributed by atoms with Gasteiger partial charge in [0.05, 0.1) is 6.54 Å². The molecule has 3 nitrogen and oxygen atoms in total. The van der Waals surface area contributed by atoms with Crippen LogP contribution in [0.5, 0.6) is 0 Å². The van der Waals surface area contributed by atoms with Crippen molar-refractivity contribution < 1.29 is 4.79 Å². The summed E-state index contributed by atoms with van der Waals surface area (Å²) in [6.45, 7) is 3.49. The predicted octanol–water partition coefficient (Wildman–Crippen LogP) is 0.998. The molecule has 0 aromatic heterocycles. The lowest BCUT2D eigenvalue weighted by Gasteiger charge is -2.22. The van der Waals surface area contributed by atoms with Crippen LogP contribution >= 0.6 is 11.8 Å². The van der Waals surface area contributed by atoms with Crippen LogP contribution in [0.1, 0.15) is 26.2 Å². The first-order chi connectivity index (χ1) is 6.83. The number of rotatable bonds is 5. The Kier molecular flexibility index (Phi) is 6.03. The molecule has 1 aliphatic rings. The molecule has 0 radical (unpaired) electrons. The van der Waals surface area contributed by atoms with Gasteiger partial charge in [0, 0.05) is 6.04 Å². The molecule has 1 saturated heterocycles. The third-order valence-corrected chi connectivity index (χ3v) is 3.35. The van der Waals surface area contributed by atoms with Crippen LogP contribution in [0, 0.1) is 0 Å². The third kappa shape index (κ3) is 4.86. The van der Waals surface area contributed by atoms with Gasteiger partial charge in [-0.1, -0.05) is 6.92 Å². The Morgan fingerprint density at radius 2 is 2.14 bits per heavy atom. The highest BCUT2D eigenvalue weighted by atomic mass is 32.2. The van der Waals surface area contributed by atoms with Gasteiger partial charge >= 0.3 is 0 Å². The molecule has 0 atom stereocenters. The maximum absolute atomic E-state index is 11.4. The Labute approximate surface area is 90.4 Å². The monoisotopic (exact) mass is 216 g/mol. The van der Waals surface area contributed by atoms with Gasteiger partial charge in [-0.05, 0) is 37.3 Å². The number of hydrogen-bond acceptors (Lipinski definition) is 3. The van der Waals surface area contributed by atoms with Crippen LogP contribution < -0.4 is 10.6 Å². The number of hydrogen-bond donors (Lipinski definition) is 2. The molecule has 1 heterocycles. The molecular weight excluding hydrogens is 196 g/mol. The van der Waals surface area contributed by atoms with Crippen LogP contribution in [0.3, 0.4) is 0 Å². The minimum absolute atomic E-state index is 0.148. The second-order valence-corrected chi connectivity index (χ2v) is 4.86. The smallest absolute Gasteiger partial charge is 0.234 e. The molecule has 0 unspecified atom stereocenters. The average Bonchev–Trinajstić information content (AvgIpc) is 2.20. The second-order valence-electron chi connectivity index (χ2n) is 3.63. The van der Waals surface area contributed by atoms with Crippen LogP contribution in [0.4, 0.5) is 0 Å². The SMILES string of the molecule is CCCNCC(=O)NC1CCSCC1. The number of carbonyl (C=O) groups excluding carboxylic acids is 1. The summed E-state index contributed by atoms with van der Waals surface area (Å²) in [7, 11) is 0. The molecule has 0 spiro atoms. The zero-order valence-corrected chi connectivity index (χ0v) is 9.66. The fourth-order valence-corrected chi connectivity index (χ4v) is 2.61. The van der Waals surface area contributed by atoms with E-state index in [9.17, 15) is 4.79 Å². The molecule has 1 amide bonds. The number of thioether (sulfide) groups is 1. The first kappa shape index (κ1) is 11.9. The zero-order valence-electron chi connectivity index (χ0n) is 8.84. The van der Waals surface area contributed by atoms with E-state index < -0.39 is 0 Å². The Morgan fingerprint density at radius 1 is 1.43 bits per heavy atom. The summed E-state index contributed by atoms with van der Waals surface area (Å²) < 4.78 is 0. The van der Waals surface area contributed by atoms with Crippen molar-refractivity contribution in [3.8, 4) is 0 Å². The molecule has 0 bridgehead atoms. The highest BCUT2D eigenvalue weighted by Gasteiger charge is 2.15. The molecule has 4 heteroatoms. The summed E-state index contributed by atoms with van der Waals surface area (Å²) >= 11 is 1.98. The summed E-state index contributed by atoms with van der Waals surface area (Å²) in [6.07, 6.45) is 3.34. The largest absolute Gasteiger partial charge is 0.352 e. The van der Waals surface area contributed by atoms with E-state index in [4.69, 9.17) is 0 Å². The molecule has 0 aromatic carbocycles. The van der Waals surface area contributed by atoms with Crippen LogP contribution in [-0.4, -0.2) is 36.5 Å². The molecule has 0 saturated carbocycles. The third-order valence-electron chi connectivity index (χ3n) is 2.30. The topological polar surface area (TPSA) is 41.1 Å². The molecule has 14 heavy (non-hydrogen) atoms. The maximum Gasteiger partial charge on any atom is 0.234 e. The van der Waals surface area contributed by atoms with Crippen molar-refractivity contribution in [1.29, 1.82) is 0 Å². The van der Waals surface area contributed by atoms with Gasteiger partial charge in [0.25, 0.3) is 0 Å². The molecule has 1 rings (SSSR count). The highest BCUT2D eigenvalue weighted by Crippen LogP contribution is 2.16. The minimum Gasteiger partial charge on any atom is -0.352 e. The molecule has 1 fully saturated rings. The number of amides is 1. The quantitative estimate of drug-likeness (QED) is 0.674. The molecular formula is C10H20N2OS. The summed E-state index contributed by atoms with van der Waals surface area (Å²) in [5.74, 6) is 2.52. The van der Waals surface area contributed by atoms with Crippen molar-refractivity contribution in [2.75, 3.05) is 24.6 Å². The first-order valence-corrected chi connectivity index (χ1v) is 6.56. The van der Waals surface area contributed by atoms with Crippen LogP contribution in [-0.2, 0) is 4.79 Å². The molecule has 1 aliphatic heterocycles. The standard InChI is InChI=1S/C10H20N2OS/c1-2-5-11-8-10(13)12-9-3-6-14-7-4-9/h9,11H,2-8H2,1H3,(H,12,13). The average molecular weight is 216 g/mol. The van der Waals surface area contributed by atoms with Gasteiger partial charge in [-0.15, -0.1) is 0 Å². The highest BCUT2D eigenvalue weighted by molar-refractivity contribution is 7.99. The Hall–Kier alpha value is -0.220. The van der Waals surface area contributed by atoms with Crippen molar-refractivity contribution >= 4 is 17.7 Å². The van der Waals surface area contributed by atoms with Gasteiger partial charge in [-0.2, -0.15) is 11.8 Å². The lowest BCUT2D eigenvalue weighted by Crippen LogP contribution is -2.42. The summed E-state index contributed by atoms with van der Waals surface area (Å²) in [5.41, 5.74) is 0. The fourth-order valence-electron chi connectivity index (χ4n) is 1.50. The fraction of sp³-hybridized carbons (Fsp3) is 0.900. The lowest BCUT2D eigenvalue weighted by molar-refractivity contribution is -0.121. The maximum atomic E-state index is 11.4.